The fourth-order valence-electron chi connectivity index (χ4n) is 2.18. The van der Waals surface area contributed by atoms with E-state index < -0.39 is 32.1 Å². The molecule has 1 aromatic carbocycles. The van der Waals surface area contributed by atoms with Gasteiger partial charge in [0, 0.05) is 11.2 Å². The number of rotatable bonds is 7. The second-order valence-electron chi connectivity index (χ2n) is 7.52. The Morgan fingerprint density at radius 2 is 1.50 bits per heavy atom. The molecule has 3 nitrogen and oxygen atoms in total. The third-order valence-electron chi connectivity index (χ3n) is 3.92. The maximum Gasteiger partial charge on any atom is 0.416 e. The van der Waals surface area contributed by atoms with E-state index in [0.29, 0.717) is 18.6 Å². The highest BCUT2D eigenvalue weighted by atomic mass is 32.2. The molecule has 148 valence electrons. The van der Waals surface area contributed by atoms with Gasteiger partial charge in [-0.2, -0.15) is 24.9 Å². The third kappa shape index (κ3) is 5.74. The molecule has 0 unspecified atom stereocenters. The molecule has 8 heteroatoms. The van der Waals surface area contributed by atoms with Crippen LogP contribution in [0.15, 0.2) is 29.2 Å². The first-order chi connectivity index (χ1) is 11.6. The van der Waals surface area contributed by atoms with E-state index in [9.17, 15) is 26.4 Å². The van der Waals surface area contributed by atoms with Crippen LogP contribution in [-0.4, -0.2) is 29.4 Å². The maximum atomic E-state index is 12.7. The van der Waals surface area contributed by atoms with Crippen LogP contribution in [0, 0.1) is 0 Å². The predicted octanol–water partition coefficient (Wildman–Crippen LogP) is 5.14. The average molecular weight is 411 g/mol. The summed E-state index contributed by atoms with van der Waals surface area (Å²) in [5, 5.41) is 0. The molecule has 0 aliphatic rings. The topological polar surface area (TPSA) is 51.2 Å². The van der Waals surface area contributed by atoms with Gasteiger partial charge >= 0.3 is 6.18 Å². The van der Waals surface area contributed by atoms with Gasteiger partial charge in [-0.15, -0.1) is 0 Å². The van der Waals surface area contributed by atoms with E-state index >= 15 is 0 Å². The van der Waals surface area contributed by atoms with Gasteiger partial charge in [0.25, 0.3) is 0 Å². The molecule has 1 rings (SSSR count). The van der Waals surface area contributed by atoms with E-state index in [2.05, 4.69) is 20.8 Å². The summed E-state index contributed by atoms with van der Waals surface area (Å²) in [7, 11) is -4.09. The Morgan fingerprint density at radius 3 is 1.92 bits per heavy atom. The molecular weight excluding hydrogens is 385 g/mol. The van der Waals surface area contributed by atoms with Crippen LogP contribution in [0.4, 0.5) is 13.2 Å². The standard InChI is InChI=1S/C18H25F3O3S2/c1-16(2,3)25-12-6-7-15(22)17(4,5)26(23,24)14-10-8-13(9-11-14)18(19,20)21/h8-11H,6-7,12H2,1-5H3. The van der Waals surface area contributed by atoms with Gasteiger partial charge in [-0.3, -0.25) is 4.79 Å². The van der Waals surface area contributed by atoms with Crippen molar-refractivity contribution in [1.82, 2.24) is 0 Å². The van der Waals surface area contributed by atoms with Crippen molar-refractivity contribution in [2.45, 2.75) is 68.0 Å². The van der Waals surface area contributed by atoms with Crippen LogP contribution in [0.3, 0.4) is 0 Å². The van der Waals surface area contributed by atoms with E-state index in [1.165, 1.54) is 13.8 Å². The molecule has 0 radical (unpaired) electrons. The summed E-state index contributed by atoms with van der Waals surface area (Å²) in [6, 6.07) is 3.24. The molecule has 0 saturated heterocycles. The summed E-state index contributed by atoms with van der Waals surface area (Å²) in [6.45, 7) is 8.77. The van der Waals surface area contributed by atoms with Crippen molar-refractivity contribution in [2.24, 2.45) is 0 Å². The minimum Gasteiger partial charge on any atom is -0.298 e. The van der Waals surface area contributed by atoms with E-state index in [1.807, 2.05) is 0 Å². The highest BCUT2D eigenvalue weighted by Crippen LogP contribution is 2.33. The van der Waals surface area contributed by atoms with E-state index in [0.717, 1.165) is 17.9 Å². The highest BCUT2D eigenvalue weighted by Gasteiger charge is 2.42. The van der Waals surface area contributed by atoms with Crippen LogP contribution >= 0.6 is 11.8 Å². The molecule has 0 aromatic heterocycles. The number of hydrogen-bond acceptors (Lipinski definition) is 4. The largest absolute Gasteiger partial charge is 0.416 e. The Bertz CT molecular complexity index is 728. The second kappa shape index (κ2) is 7.92. The van der Waals surface area contributed by atoms with Crippen LogP contribution in [0.25, 0.3) is 0 Å². The summed E-state index contributed by atoms with van der Waals surface area (Å²) in [6.07, 6.45) is -3.89. The first-order valence-corrected chi connectivity index (χ1v) is 10.6. The minimum atomic E-state index is -4.54. The Balaban J connectivity index is 2.90. The lowest BCUT2D eigenvalue weighted by atomic mass is 10.0. The number of halogens is 3. The second-order valence-corrected chi connectivity index (χ2v) is 11.9. The highest BCUT2D eigenvalue weighted by molar-refractivity contribution is 8.00. The number of sulfone groups is 1. The molecule has 0 atom stereocenters. The number of carbonyl (C=O) groups is 1. The molecule has 0 spiro atoms. The van der Waals surface area contributed by atoms with E-state index in [-0.39, 0.29) is 16.1 Å². The Morgan fingerprint density at radius 1 is 1.00 bits per heavy atom. The summed E-state index contributed by atoms with van der Waals surface area (Å²) in [5.74, 6) is 0.290. The van der Waals surface area contributed by atoms with Gasteiger partial charge in [0.05, 0.1) is 10.5 Å². The van der Waals surface area contributed by atoms with Gasteiger partial charge in [-0.1, -0.05) is 20.8 Å². The summed E-state index contributed by atoms with van der Waals surface area (Å²) < 4.78 is 61.7. The van der Waals surface area contributed by atoms with Gasteiger partial charge in [0.15, 0.2) is 15.6 Å². The zero-order valence-electron chi connectivity index (χ0n) is 15.6. The molecule has 0 amide bonds. The number of alkyl halides is 3. The normalized spacial score (nSPS) is 13.7. The third-order valence-corrected chi connectivity index (χ3v) is 7.74. The van der Waals surface area contributed by atoms with Gasteiger partial charge in [-0.25, -0.2) is 8.42 Å². The van der Waals surface area contributed by atoms with Crippen LogP contribution in [0.5, 0.6) is 0 Å². The lowest BCUT2D eigenvalue weighted by molar-refractivity contribution is -0.137. The smallest absolute Gasteiger partial charge is 0.298 e. The van der Waals surface area contributed by atoms with Crippen molar-refractivity contribution < 1.29 is 26.4 Å². The number of benzene rings is 1. The summed E-state index contributed by atoms with van der Waals surface area (Å²) in [5.41, 5.74) is -0.931. The number of carbonyl (C=O) groups excluding carboxylic acids is 1. The molecule has 26 heavy (non-hydrogen) atoms. The molecule has 0 fully saturated rings. The Kier molecular flexibility index (Phi) is 7.01. The molecule has 0 aliphatic heterocycles. The molecule has 0 bridgehead atoms. The monoisotopic (exact) mass is 410 g/mol. The zero-order valence-corrected chi connectivity index (χ0v) is 17.2. The van der Waals surface area contributed by atoms with Crippen molar-refractivity contribution in [2.75, 3.05) is 5.75 Å². The quantitative estimate of drug-likeness (QED) is 0.584. The number of hydrogen-bond donors (Lipinski definition) is 0. The zero-order chi connectivity index (χ0) is 20.4. The number of ketones is 1. The minimum absolute atomic E-state index is 0.0604. The SMILES string of the molecule is CC(C)(C)SCCCC(=O)C(C)(C)S(=O)(=O)c1ccc(C(F)(F)F)cc1. The van der Waals surface area contributed by atoms with Crippen molar-refractivity contribution in [3.05, 3.63) is 29.8 Å². The van der Waals surface area contributed by atoms with E-state index in [4.69, 9.17) is 0 Å². The van der Waals surface area contributed by atoms with Crippen molar-refractivity contribution >= 4 is 27.4 Å². The van der Waals surface area contributed by atoms with Gasteiger partial charge in [0.1, 0.15) is 4.75 Å². The van der Waals surface area contributed by atoms with Gasteiger partial charge in [0.2, 0.25) is 0 Å². The predicted molar refractivity (Wildman–Crippen MR) is 99.2 cm³/mol. The molecule has 1 aromatic rings. The molecule has 0 heterocycles. The first kappa shape index (κ1) is 23.0. The first-order valence-electron chi connectivity index (χ1n) is 8.18. The molecular formula is C18H25F3O3S2. The lowest BCUT2D eigenvalue weighted by Crippen LogP contribution is -2.40. The van der Waals surface area contributed by atoms with Crippen LogP contribution in [-0.2, 0) is 20.8 Å². The van der Waals surface area contributed by atoms with Crippen molar-refractivity contribution in [1.29, 1.82) is 0 Å². The molecule has 0 N–H and O–H groups in total. The number of thioether (sulfide) groups is 1. The average Bonchev–Trinajstić information content (AvgIpc) is 2.49. The van der Waals surface area contributed by atoms with Crippen LogP contribution in [0.1, 0.15) is 53.0 Å². The Labute approximate surface area is 157 Å². The summed E-state index contributed by atoms with van der Waals surface area (Å²) in [4.78, 5) is 12.2. The van der Waals surface area contributed by atoms with E-state index in [1.54, 1.807) is 11.8 Å². The summed E-state index contributed by atoms with van der Waals surface area (Å²) >= 11 is 1.69. The van der Waals surface area contributed by atoms with Gasteiger partial charge < -0.3 is 0 Å². The fraction of sp³-hybridized carbons (Fsp3) is 0.611. The van der Waals surface area contributed by atoms with Crippen molar-refractivity contribution in [3.8, 4) is 0 Å². The fourth-order valence-corrected chi connectivity index (χ4v) is 4.57. The van der Waals surface area contributed by atoms with Crippen LogP contribution < -0.4 is 0 Å². The lowest BCUT2D eigenvalue weighted by Gasteiger charge is -2.24. The molecule has 0 saturated carbocycles. The molecule has 0 aliphatic carbocycles. The Hall–Kier alpha value is -1.02. The van der Waals surface area contributed by atoms with Crippen molar-refractivity contribution in [3.63, 3.8) is 0 Å². The van der Waals surface area contributed by atoms with Crippen LogP contribution in [0.2, 0.25) is 0 Å². The number of Topliss-reactive ketones (excluding diaryl/α,β-unsaturated/α-hetero) is 1. The maximum absolute atomic E-state index is 12.7. The van der Waals surface area contributed by atoms with Gasteiger partial charge in [-0.05, 0) is 50.3 Å².